The quantitative estimate of drug-likeness (QED) is 0.833. The van der Waals surface area contributed by atoms with E-state index in [1.165, 1.54) is 12.1 Å². The molecule has 0 bridgehead atoms. The van der Waals surface area contributed by atoms with E-state index in [2.05, 4.69) is 0 Å². The Hall–Kier alpha value is -1.35. The van der Waals surface area contributed by atoms with Crippen LogP contribution in [0.5, 0.6) is 0 Å². The van der Waals surface area contributed by atoms with E-state index in [-0.39, 0.29) is 5.82 Å². The summed E-state index contributed by atoms with van der Waals surface area (Å²) in [7, 11) is 0. The van der Waals surface area contributed by atoms with Gasteiger partial charge in [0.05, 0.1) is 6.61 Å². The molecule has 0 radical (unpaired) electrons. The Bertz CT molecular complexity index is 412. The smallest absolute Gasteiger partial charge is 0.136 e. The van der Waals surface area contributed by atoms with Gasteiger partial charge < -0.3 is 9.84 Å². The van der Waals surface area contributed by atoms with Crippen molar-refractivity contribution in [1.82, 2.24) is 0 Å². The lowest BCUT2D eigenvalue weighted by atomic mass is 10.0. The number of allylic oxidation sites excluding steroid dienone is 1. The number of aliphatic hydroxyl groups excluding tert-OH is 1. The Balaban J connectivity index is 2.26. The molecular weight excluding hydrogens is 207 g/mol. The average Bonchev–Trinajstić information content (AvgIpc) is 2.29. The lowest BCUT2D eigenvalue weighted by Crippen LogP contribution is -2.11. The molecule has 0 aliphatic carbocycles. The Kier molecular flexibility index (Phi) is 3.25. The molecule has 0 amide bonds. The van der Waals surface area contributed by atoms with Crippen molar-refractivity contribution in [3.05, 3.63) is 47.0 Å². The summed E-state index contributed by atoms with van der Waals surface area (Å²) in [5, 5.41) is 10.1. The fourth-order valence-electron chi connectivity index (χ4n) is 1.87. The topological polar surface area (TPSA) is 29.5 Å². The Morgan fingerprint density at radius 2 is 2.25 bits per heavy atom. The second-order valence-corrected chi connectivity index (χ2v) is 4.00. The highest BCUT2D eigenvalue weighted by Crippen LogP contribution is 2.28. The molecule has 1 aromatic rings. The monoisotopic (exact) mass is 222 g/mol. The second kappa shape index (κ2) is 4.66. The standard InChI is InChI=1S/C13H15FO2/c1-9-8-10(14)5-6-11(9)13(15)12-4-2-3-7-16-12/h4-6,8,13,15H,2-3,7H2,1H3. The molecule has 0 saturated heterocycles. The number of hydrogen-bond acceptors (Lipinski definition) is 2. The predicted molar refractivity (Wildman–Crippen MR) is 59.4 cm³/mol. The van der Waals surface area contributed by atoms with E-state index in [1.807, 2.05) is 6.08 Å². The van der Waals surface area contributed by atoms with Crippen LogP contribution in [0, 0.1) is 12.7 Å². The molecular formula is C13H15FO2. The van der Waals surface area contributed by atoms with E-state index in [0.29, 0.717) is 17.9 Å². The third-order valence-corrected chi connectivity index (χ3v) is 2.76. The number of aryl methyl sites for hydroxylation is 1. The third-order valence-electron chi connectivity index (χ3n) is 2.76. The number of halogens is 1. The van der Waals surface area contributed by atoms with Crippen molar-refractivity contribution in [2.45, 2.75) is 25.9 Å². The maximum atomic E-state index is 12.9. The summed E-state index contributed by atoms with van der Waals surface area (Å²) in [5.74, 6) is 0.299. The molecule has 0 aromatic heterocycles. The SMILES string of the molecule is Cc1cc(F)ccc1C(O)C1=CCCCO1. The molecule has 2 rings (SSSR count). The maximum absolute atomic E-state index is 12.9. The molecule has 1 aliphatic heterocycles. The molecule has 1 unspecified atom stereocenters. The average molecular weight is 222 g/mol. The van der Waals surface area contributed by atoms with Crippen LogP contribution in [-0.4, -0.2) is 11.7 Å². The highest BCUT2D eigenvalue weighted by atomic mass is 19.1. The fraction of sp³-hybridized carbons (Fsp3) is 0.385. The van der Waals surface area contributed by atoms with E-state index in [0.717, 1.165) is 18.4 Å². The normalized spacial score (nSPS) is 17.6. The predicted octanol–water partition coefficient (Wildman–Crippen LogP) is 2.86. The first-order valence-corrected chi connectivity index (χ1v) is 5.45. The first-order chi connectivity index (χ1) is 7.68. The van der Waals surface area contributed by atoms with Crippen LogP contribution in [-0.2, 0) is 4.74 Å². The third kappa shape index (κ3) is 2.25. The van der Waals surface area contributed by atoms with Gasteiger partial charge in [0.25, 0.3) is 0 Å². The van der Waals surface area contributed by atoms with Crippen molar-refractivity contribution < 1.29 is 14.2 Å². The molecule has 1 atom stereocenters. The summed E-state index contributed by atoms with van der Waals surface area (Å²) >= 11 is 0. The van der Waals surface area contributed by atoms with Crippen molar-refractivity contribution in [3.63, 3.8) is 0 Å². The lowest BCUT2D eigenvalue weighted by Gasteiger charge is -2.21. The van der Waals surface area contributed by atoms with Gasteiger partial charge >= 0.3 is 0 Å². The number of hydrogen-bond donors (Lipinski definition) is 1. The van der Waals surface area contributed by atoms with Crippen LogP contribution in [0.1, 0.15) is 30.1 Å². The Labute approximate surface area is 94.4 Å². The first-order valence-electron chi connectivity index (χ1n) is 5.45. The summed E-state index contributed by atoms with van der Waals surface area (Å²) in [5.41, 5.74) is 1.44. The van der Waals surface area contributed by atoms with E-state index in [9.17, 15) is 9.50 Å². The summed E-state index contributed by atoms with van der Waals surface area (Å²) < 4.78 is 18.3. The minimum Gasteiger partial charge on any atom is -0.495 e. The van der Waals surface area contributed by atoms with Crippen LogP contribution >= 0.6 is 0 Å². The van der Waals surface area contributed by atoms with Crippen molar-refractivity contribution in [2.75, 3.05) is 6.61 Å². The Morgan fingerprint density at radius 1 is 1.44 bits per heavy atom. The van der Waals surface area contributed by atoms with Crippen LogP contribution in [0.15, 0.2) is 30.0 Å². The lowest BCUT2D eigenvalue weighted by molar-refractivity contribution is 0.0914. The second-order valence-electron chi connectivity index (χ2n) is 4.00. The van der Waals surface area contributed by atoms with E-state index in [1.54, 1.807) is 13.0 Å². The van der Waals surface area contributed by atoms with Gasteiger partial charge in [0, 0.05) is 0 Å². The molecule has 2 nitrogen and oxygen atoms in total. The van der Waals surface area contributed by atoms with Crippen LogP contribution in [0.2, 0.25) is 0 Å². The zero-order valence-corrected chi connectivity index (χ0v) is 9.24. The molecule has 16 heavy (non-hydrogen) atoms. The van der Waals surface area contributed by atoms with Gasteiger partial charge in [-0.15, -0.1) is 0 Å². The van der Waals surface area contributed by atoms with E-state index in [4.69, 9.17) is 4.74 Å². The molecule has 0 spiro atoms. The first kappa shape index (κ1) is 11.1. The molecule has 1 aliphatic rings. The van der Waals surface area contributed by atoms with Crippen molar-refractivity contribution >= 4 is 0 Å². The van der Waals surface area contributed by atoms with Gasteiger partial charge in [-0.3, -0.25) is 0 Å². The minimum atomic E-state index is -0.777. The van der Waals surface area contributed by atoms with Crippen molar-refractivity contribution in [3.8, 4) is 0 Å². The summed E-state index contributed by atoms with van der Waals surface area (Å²) in [4.78, 5) is 0. The van der Waals surface area contributed by atoms with Crippen LogP contribution in [0.3, 0.4) is 0 Å². The van der Waals surface area contributed by atoms with Gasteiger partial charge in [0.15, 0.2) is 0 Å². The van der Waals surface area contributed by atoms with Gasteiger partial charge in [0.2, 0.25) is 0 Å². The van der Waals surface area contributed by atoms with Crippen LogP contribution in [0.4, 0.5) is 4.39 Å². The van der Waals surface area contributed by atoms with Gasteiger partial charge in [-0.05, 0) is 49.1 Å². The van der Waals surface area contributed by atoms with E-state index < -0.39 is 6.10 Å². The highest BCUT2D eigenvalue weighted by molar-refractivity contribution is 5.32. The molecule has 86 valence electrons. The minimum absolute atomic E-state index is 0.285. The maximum Gasteiger partial charge on any atom is 0.136 e. The van der Waals surface area contributed by atoms with Gasteiger partial charge in [-0.1, -0.05) is 6.07 Å². The molecule has 1 aromatic carbocycles. The zero-order chi connectivity index (χ0) is 11.5. The number of rotatable bonds is 2. The van der Waals surface area contributed by atoms with Crippen molar-refractivity contribution in [2.24, 2.45) is 0 Å². The molecule has 0 saturated carbocycles. The van der Waals surface area contributed by atoms with Crippen molar-refractivity contribution in [1.29, 1.82) is 0 Å². The van der Waals surface area contributed by atoms with Crippen LogP contribution < -0.4 is 0 Å². The molecule has 1 N–H and O–H groups in total. The summed E-state index contributed by atoms with van der Waals surface area (Å²) in [6.45, 7) is 2.42. The number of aliphatic hydroxyl groups is 1. The Morgan fingerprint density at radius 3 is 2.88 bits per heavy atom. The summed E-state index contributed by atoms with van der Waals surface area (Å²) in [6, 6.07) is 4.38. The fourth-order valence-corrected chi connectivity index (χ4v) is 1.87. The molecule has 3 heteroatoms. The molecule has 0 fully saturated rings. The van der Waals surface area contributed by atoms with Gasteiger partial charge in [0.1, 0.15) is 17.7 Å². The number of benzene rings is 1. The van der Waals surface area contributed by atoms with E-state index >= 15 is 0 Å². The molecule has 1 heterocycles. The van der Waals surface area contributed by atoms with Gasteiger partial charge in [-0.25, -0.2) is 4.39 Å². The van der Waals surface area contributed by atoms with Gasteiger partial charge in [-0.2, -0.15) is 0 Å². The van der Waals surface area contributed by atoms with Crippen LogP contribution in [0.25, 0.3) is 0 Å². The zero-order valence-electron chi connectivity index (χ0n) is 9.24. The summed E-state index contributed by atoms with van der Waals surface area (Å²) in [6.07, 6.45) is 3.03. The number of ether oxygens (including phenoxy) is 1. The largest absolute Gasteiger partial charge is 0.495 e. The highest BCUT2D eigenvalue weighted by Gasteiger charge is 2.18.